The van der Waals surface area contributed by atoms with Crippen molar-refractivity contribution in [3.05, 3.63) is 0 Å². The predicted octanol–water partition coefficient (Wildman–Crippen LogP) is 3.28. The van der Waals surface area contributed by atoms with Crippen LogP contribution in [-0.4, -0.2) is 22.3 Å². The molecule has 4 saturated carbocycles. The molecule has 0 bridgehead atoms. The summed E-state index contributed by atoms with van der Waals surface area (Å²) in [5, 5.41) is 11.2. The van der Waals surface area contributed by atoms with Gasteiger partial charge in [-0.05, 0) is 43.9 Å². The second kappa shape index (κ2) is 4.43. The van der Waals surface area contributed by atoms with Crippen LogP contribution >= 0.6 is 0 Å². The van der Waals surface area contributed by atoms with Gasteiger partial charge in [0.05, 0.1) is 5.60 Å². The average molecular weight is 304 g/mol. The molecular weight excluding hydrogens is 276 g/mol. The Morgan fingerprint density at radius 1 is 1.00 bits per heavy atom. The van der Waals surface area contributed by atoms with Gasteiger partial charge < -0.3 is 5.11 Å². The highest BCUT2D eigenvalue weighted by molar-refractivity contribution is 5.91. The fourth-order valence-electron chi connectivity index (χ4n) is 6.73. The highest BCUT2D eigenvalue weighted by Gasteiger charge is 2.66. The van der Waals surface area contributed by atoms with Gasteiger partial charge in [0.2, 0.25) is 0 Å². The van der Waals surface area contributed by atoms with Gasteiger partial charge in [-0.15, -0.1) is 0 Å². The minimum atomic E-state index is -0.792. The summed E-state index contributed by atoms with van der Waals surface area (Å²) >= 11 is 0. The van der Waals surface area contributed by atoms with E-state index >= 15 is 0 Å². The smallest absolute Gasteiger partial charge is 0.139 e. The van der Waals surface area contributed by atoms with Crippen LogP contribution in [0.3, 0.4) is 0 Å². The molecule has 22 heavy (non-hydrogen) atoms. The van der Waals surface area contributed by atoms with Gasteiger partial charge in [-0.25, -0.2) is 0 Å². The summed E-state index contributed by atoms with van der Waals surface area (Å²) in [5.41, 5.74) is -1.19. The Bertz CT molecular complexity index is 541. The second-order valence-corrected chi connectivity index (χ2v) is 8.96. The van der Waals surface area contributed by atoms with E-state index in [9.17, 15) is 14.7 Å². The zero-order chi connectivity index (χ0) is 15.8. The van der Waals surface area contributed by atoms with E-state index in [2.05, 4.69) is 13.8 Å². The third-order valence-corrected chi connectivity index (χ3v) is 8.24. The molecule has 122 valence electrons. The largest absolute Gasteiger partial charge is 0.389 e. The Labute approximate surface area is 132 Å². The molecule has 1 N–H and O–H groups in total. The molecule has 0 aromatic heterocycles. The minimum Gasteiger partial charge on any atom is -0.389 e. The van der Waals surface area contributed by atoms with Crippen LogP contribution in [0, 0.1) is 28.6 Å². The maximum absolute atomic E-state index is 13.0. The Morgan fingerprint density at radius 3 is 2.50 bits per heavy atom. The van der Waals surface area contributed by atoms with Crippen LogP contribution in [0.5, 0.6) is 0 Å². The molecular formula is C19H28O3. The number of carbonyl (C=O) groups is 2. The first-order valence-electron chi connectivity index (χ1n) is 9.10. The van der Waals surface area contributed by atoms with Gasteiger partial charge in [0.1, 0.15) is 11.6 Å². The Balaban J connectivity index is 1.76. The molecule has 4 fully saturated rings. The van der Waals surface area contributed by atoms with Crippen LogP contribution in [0.25, 0.3) is 0 Å². The minimum absolute atomic E-state index is 0.0218. The van der Waals surface area contributed by atoms with Gasteiger partial charge in [0.15, 0.2) is 0 Å². The van der Waals surface area contributed by atoms with E-state index in [-0.39, 0.29) is 34.4 Å². The van der Waals surface area contributed by atoms with Gasteiger partial charge >= 0.3 is 0 Å². The van der Waals surface area contributed by atoms with E-state index in [0.717, 1.165) is 44.9 Å². The van der Waals surface area contributed by atoms with Gasteiger partial charge in [-0.1, -0.05) is 26.7 Å². The molecule has 0 saturated heterocycles. The molecule has 4 aliphatic rings. The third-order valence-electron chi connectivity index (χ3n) is 8.24. The van der Waals surface area contributed by atoms with Crippen molar-refractivity contribution in [1.82, 2.24) is 0 Å². The summed E-state index contributed by atoms with van der Waals surface area (Å²) in [6, 6.07) is 0. The first-order chi connectivity index (χ1) is 10.3. The highest BCUT2D eigenvalue weighted by Crippen LogP contribution is 2.65. The predicted molar refractivity (Wildman–Crippen MR) is 83.2 cm³/mol. The molecule has 0 heterocycles. The van der Waals surface area contributed by atoms with Gasteiger partial charge in [0.25, 0.3) is 0 Å². The van der Waals surface area contributed by atoms with Crippen molar-refractivity contribution in [2.24, 2.45) is 28.6 Å². The molecule has 6 atom stereocenters. The number of carbonyl (C=O) groups excluding carboxylic acids is 2. The Kier molecular flexibility index (Phi) is 3.00. The van der Waals surface area contributed by atoms with Crippen LogP contribution < -0.4 is 0 Å². The summed E-state index contributed by atoms with van der Waals surface area (Å²) < 4.78 is 0. The van der Waals surface area contributed by atoms with E-state index in [4.69, 9.17) is 0 Å². The summed E-state index contributed by atoms with van der Waals surface area (Å²) in [5.74, 6) is 1.15. The van der Waals surface area contributed by atoms with Gasteiger partial charge in [-0.3, -0.25) is 9.59 Å². The summed E-state index contributed by atoms with van der Waals surface area (Å²) in [7, 11) is 0. The van der Waals surface area contributed by atoms with Gasteiger partial charge in [-0.2, -0.15) is 0 Å². The van der Waals surface area contributed by atoms with Crippen LogP contribution in [0.1, 0.15) is 71.6 Å². The highest BCUT2D eigenvalue weighted by atomic mass is 16.3. The fraction of sp³-hybridized carbons (Fsp3) is 0.895. The number of aliphatic hydroxyl groups is 1. The fourth-order valence-corrected chi connectivity index (χ4v) is 6.73. The number of hydrogen-bond acceptors (Lipinski definition) is 3. The van der Waals surface area contributed by atoms with Crippen molar-refractivity contribution in [3.8, 4) is 0 Å². The number of Topliss-reactive ketones (excluding diaryl/α,β-unsaturated/α-hetero) is 2. The number of ketones is 2. The zero-order valence-corrected chi connectivity index (χ0v) is 13.9. The third kappa shape index (κ3) is 1.61. The monoisotopic (exact) mass is 304 g/mol. The van der Waals surface area contributed by atoms with Crippen molar-refractivity contribution in [3.63, 3.8) is 0 Å². The van der Waals surface area contributed by atoms with Crippen LogP contribution in [0.2, 0.25) is 0 Å². The lowest BCUT2D eigenvalue weighted by Gasteiger charge is -2.61. The topological polar surface area (TPSA) is 54.4 Å². The SMILES string of the molecule is C[C@]12CC[C@H]3[C@@H](C(=O)C[C@@]4(O)CCCC[C@]34C)[C@@H]1CCC2=O. The number of rotatable bonds is 0. The molecule has 4 rings (SSSR count). The van der Waals surface area contributed by atoms with Crippen LogP contribution in [0.4, 0.5) is 0 Å². The molecule has 4 aliphatic carbocycles. The number of fused-ring (bicyclic) bond motifs is 5. The lowest BCUT2D eigenvalue weighted by atomic mass is 9.43. The lowest BCUT2D eigenvalue weighted by Crippen LogP contribution is -2.64. The average Bonchev–Trinajstić information content (AvgIpc) is 2.76. The van der Waals surface area contributed by atoms with Crippen molar-refractivity contribution >= 4 is 11.6 Å². The molecule has 3 heteroatoms. The van der Waals surface area contributed by atoms with Crippen molar-refractivity contribution in [2.45, 2.75) is 77.2 Å². The maximum Gasteiger partial charge on any atom is 0.139 e. The summed E-state index contributed by atoms with van der Waals surface area (Å²) in [4.78, 5) is 25.3. The van der Waals surface area contributed by atoms with E-state index < -0.39 is 5.60 Å². The van der Waals surface area contributed by atoms with Crippen molar-refractivity contribution in [1.29, 1.82) is 0 Å². The second-order valence-electron chi connectivity index (χ2n) is 8.96. The summed E-state index contributed by atoms with van der Waals surface area (Å²) in [6.45, 7) is 4.33. The molecule has 0 unspecified atom stereocenters. The van der Waals surface area contributed by atoms with E-state index in [1.54, 1.807) is 0 Å². The quantitative estimate of drug-likeness (QED) is 0.747. The molecule has 0 amide bonds. The van der Waals surface area contributed by atoms with E-state index in [1.807, 2.05) is 0 Å². The van der Waals surface area contributed by atoms with Crippen molar-refractivity contribution in [2.75, 3.05) is 0 Å². The Hall–Kier alpha value is -0.700. The molecule has 0 aromatic carbocycles. The molecule has 0 aliphatic heterocycles. The molecule has 3 nitrogen and oxygen atoms in total. The molecule has 0 spiro atoms. The first-order valence-corrected chi connectivity index (χ1v) is 9.10. The van der Waals surface area contributed by atoms with E-state index in [1.165, 1.54) is 0 Å². The summed E-state index contributed by atoms with van der Waals surface area (Å²) in [6.07, 6.45) is 7.73. The Morgan fingerprint density at radius 2 is 1.73 bits per heavy atom. The maximum atomic E-state index is 13.0. The standard InChI is InChI=1S/C19H28O3/c1-17-10-7-13-16(12(17)5-6-15(17)21)14(20)11-19(22)9-4-3-8-18(13,19)2/h12-13,16,22H,3-11H2,1-2H3/t12-,13-,16-,17-,18+,19-/m0/s1. The lowest BCUT2D eigenvalue weighted by molar-refractivity contribution is -0.201. The zero-order valence-electron chi connectivity index (χ0n) is 13.9. The van der Waals surface area contributed by atoms with Crippen LogP contribution in [-0.2, 0) is 9.59 Å². The van der Waals surface area contributed by atoms with Gasteiger partial charge in [0, 0.05) is 29.6 Å². The normalized spacial score (nSPS) is 54.6. The van der Waals surface area contributed by atoms with Crippen molar-refractivity contribution < 1.29 is 14.7 Å². The first kappa shape index (κ1) is 14.9. The van der Waals surface area contributed by atoms with E-state index in [0.29, 0.717) is 18.6 Å². The molecule has 0 radical (unpaired) electrons. The van der Waals surface area contributed by atoms with Crippen LogP contribution in [0.15, 0.2) is 0 Å². The molecule has 0 aromatic rings. The number of hydrogen-bond donors (Lipinski definition) is 1.